The smallest absolute Gasteiger partial charge is 0.344 e. The Morgan fingerprint density at radius 3 is 2.16 bits per heavy atom. The van der Waals surface area contributed by atoms with Crippen LogP contribution in [0.15, 0.2) is 53.7 Å². The van der Waals surface area contributed by atoms with Gasteiger partial charge >= 0.3 is 11.9 Å². The minimum absolute atomic E-state index is 0.307. The van der Waals surface area contributed by atoms with Gasteiger partial charge in [0, 0.05) is 25.6 Å². The Labute approximate surface area is 181 Å². The summed E-state index contributed by atoms with van der Waals surface area (Å²) in [6.07, 6.45) is 3.35. The van der Waals surface area contributed by atoms with Crippen LogP contribution >= 0.6 is 0 Å². The van der Waals surface area contributed by atoms with Crippen molar-refractivity contribution in [1.29, 1.82) is 0 Å². The van der Waals surface area contributed by atoms with Gasteiger partial charge in [-0.05, 0) is 29.8 Å². The average Bonchev–Trinajstić information content (AvgIpc) is 2.81. The van der Waals surface area contributed by atoms with Gasteiger partial charge < -0.3 is 9.47 Å². The Balaban J connectivity index is 2.25. The standard InChI is InChI=1S/C24H24N3O4/c1-15-20(23(28)30-4)22(21(24(29)31-5)16(2)27(15)3)17-9-8-11-18(13-17)26-14-19-10-6-7-12-25-19/h6-14H,1-5H3/q+1. The molecule has 0 saturated carbocycles. The number of nitrogens with zero attached hydrogens (tertiary/aromatic N) is 3. The van der Waals surface area contributed by atoms with Crippen molar-refractivity contribution in [3.05, 3.63) is 76.9 Å². The third-order valence-electron chi connectivity index (χ3n) is 5.18. The van der Waals surface area contributed by atoms with Crippen LogP contribution in [-0.4, -0.2) is 37.4 Å². The summed E-state index contributed by atoms with van der Waals surface area (Å²) >= 11 is 0. The van der Waals surface area contributed by atoms with Crippen molar-refractivity contribution in [1.82, 2.24) is 4.98 Å². The molecule has 0 aliphatic carbocycles. The molecule has 7 heteroatoms. The first-order valence-electron chi connectivity index (χ1n) is 9.64. The number of methoxy groups -OCH3 is 2. The fraction of sp³-hybridized carbons (Fsp3) is 0.208. The van der Waals surface area contributed by atoms with Gasteiger partial charge in [-0.2, -0.15) is 0 Å². The molecule has 0 saturated heterocycles. The van der Waals surface area contributed by atoms with Crippen molar-refractivity contribution in [3.63, 3.8) is 0 Å². The lowest BCUT2D eigenvalue weighted by atomic mass is 9.91. The molecule has 3 aromatic rings. The van der Waals surface area contributed by atoms with E-state index in [1.54, 1.807) is 24.0 Å². The molecule has 0 aliphatic rings. The molecule has 2 aromatic heterocycles. The molecular weight excluding hydrogens is 394 g/mol. The van der Waals surface area contributed by atoms with E-state index in [1.165, 1.54) is 14.2 Å². The van der Waals surface area contributed by atoms with Crippen molar-refractivity contribution in [3.8, 4) is 11.1 Å². The summed E-state index contributed by atoms with van der Waals surface area (Å²) in [5.74, 6) is -1.06. The number of rotatable bonds is 5. The maximum Gasteiger partial charge on any atom is 0.344 e. The van der Waals surface area contributed by atoms with Gasteiger partial charge in [0.2, 0.25) is 0 Å². The molecule has 0 radical (unpaired) electrons. The summed E-state index contributed by atoms with van der Waals surface area (Å²) in [6.45, 7) is 3.62. The maximum atomic E-state index is 12.7. The molecular formula is C24H24N3O4+. The zero-order valence-corrected chi connectivity index (χ0v) is 18.2. The Morgan fingerprint density at radius 1 is 0.968 bits per heavy atom. The van der Waals surface area contributed by atoms with E-state index in [2.05, 4.69) is 9.98 Å². The van der Waals surface area contributed by atoms with E-state index in [-0.39, 0.29) is 0 Å². The van der Waals surface area contributed by atoms with Gasteiger partial charge in [0.1, 0.15) is 18.2 Å². The molecule has 0 amide bonds. The molecule has 0 fully saturated rings. The molecule has 0 aliphatic heterocycles. The number of esters is 2. The fourth-order valence-electron chi connectivity index (χ4n) is 3.40. The topological polar surface area (TPSA) is 81.7 Å². The van der Waals surface area contributed by atoms with Crippen LogP contribution in [-0.2, 0) is 16.5 Å². The Kier molecular flexibility index (Phi) is 6.55. The number of aromatic nitrogens is 2. The van der Waals surface area contributed by atoms with Gasteiger partial charge in [0.05, 0.1) is 31.8 Å². The number of hydrogen-bond acceptors (Lipinski definition) is 6. The van der Waals surface area contributed by atoms with E-state index in [9.17, 15) is 9.59 Å². The van der Waals surface area contributed by atoms with E-state index in [0.29, 0.717) is 39.3 Å². The molecule has 1 aromatic carbocycles. The van der Waals surface area contributed by atoms with Crippen molar-refractivity contribution in [2.24, 2.45) is 12.0 Å². The van der Waals surface area contributed by atoms with Crippen LogP contribution in [0.3, 0.4) is 0 Å². The third kappa shape index (κ3) is 4.35. The highest BCUT2D eigenvalue weighted by atomic mass is 16.5. The molecule has 158 valence electrons. The van der Waals surface area contributed by atoms with E-state index < -0.39 is 11.9 Å². The Hall–Kier alpha value is -3.87. The van der Waals surface area contributed by atoms with Crippen molar-refractivity contribution in [2.75, 3.05) is 14.2 Å². The predicted octanol–water partition coefficient (Wildman–Crippen LogP) is 3.51. The van der Waals surface area contributed by atoms with Crippen LogP contribution < -0.4 is 4.57 Å². The zero-order valence-electron chi connectivity index (χ0n) is 18.2. The second-order valence-electron chi connectivity index (χ2n) is 6.90. The Morgan fingerprint density at radius 2 is 1.61 bits per heavy atom. The van der Waals surface area contributed by atoms with Crippen molar-refractivity contribution in [2.45, 2.75) is 13.8 Å². The van der Waals surface area contributed by atoms with Crippen LogP contribution in [0.5, 0.6) is 0 Å². The first-order chi connectivity index (χ1) is 14.9. The number of ether oxygens (including phenoxy) is 2. The molecule has 3 rings (SSSR count). The molecule has 0 bridgehead atoms. The molecule has 2 heterocycles. The van der Waals surface area contributed by atoms with Crippen LogP contribution in [0.4, 0.5) is 5.69 Å². The minimum Gasteiger partial charge on any atom is -0.465 e. The van der Waals surface area contributed by atoms with Crippen LogP contribution in [0.1, 0.15) is 37.8 Å². The maximum absolute atomic E-state index is 12.7. The molecule has 0 atom stereocenters. The highest BCUT2D eigenvalue weighted by molar-refractivity contribution is 6.06. The van der Waals surface area contributed by atoms with E-state index >= 15 is 0 Å². The third-order valence-corrected chi connectivity index (χ3v) is 5.18. The normalized spacial score (nSPS) is 10.9. The lowest BCUT2D eigenvalue weighted by Crippen LogP contribution is -2.40. The molecule has 0 unspecified atom stereocenters. The van der Waals surface area contributed by atoms with Gasteiger partial charge in [0.25, 0.3) is 0 Å². The Bertz CT molecular complexity index is 1130. The first-order valence-corrected chi connectivity index (χ1v) is 9.64. The fourth-order valence-corrected chi connectivity index (χ4v) is 3.40. The largest absolute Gasteiger partial charge is 0.465 e. The van der Waals surface area contributed by atoms with E-state index in [1.807, 2.05) is 56.3 Å². The highest BCUT2D eigenvalue weighted by Crippen LogP contribution is 2.33. The summed E-state index contributed by atoms with van der Waals surface area (Å²) in [4.78, 5) is 34.2. The summed E-state index contributed by atoms with van der Waals surface area (Å²) in [7, 11) is 4.43. The molecule has 0 N–H and O–H groups in total. The highest BCUT2D eigenvalue weighted by Gasteiger charge is 2.33. The minimum atomic E-state index is -0.532. The van der Waals surface area contributed by atoms with Crippen LogP contribution in [0, 0.1) is 13.8 Å². The summed E-state index contributed by atoms with van der Waals surface area (Å²) in [6, 6.07) is 12.9. The molecule has 31 heavy (non-hydrogen) atoms. The first kappa shape index (κ1) is 21.8. The van der Waals surface area contributed by atoms with Gasteiger partial charge in [-0.15, -0.1) is 0 Å². The van der Waals surface area contributed by atoms with E-state index in [4.69, 9.17) is 9.47 Å². The lowest BCUT2D eigenvalue weighted by molar-refractivity contribution is -0.683. The number of carbonyl (C=O) groups is 2. The monoisotopic (exact) mass is 418 g/mol. The van der Waals surface area contributed by atoms with Gasteiger partial charge in [-0.3, -0.25) is 9.98 Å². The number of benzene rings is 1. The number of pyridine rings is 2. The molecule has 7 nitrogen and oxygen atoms in total. The van der Waals surface area contributed by atoms with Gasteiger partial charge in [-0.1, -0.05) is 18.2 Å². The van der Waals surface area contributed by atoms with Crippen LogP contribution in [0.25, 0.3) is 11.1 Å². The number of aliphatic imine (C=N–C) groups is 1. The van der Waals surface area contributed by atoms with E-state index in [0.717, 1.165) is 5.69 Å². The van der Waals surface area contributed by atoms with Gasteiger partial charge in [-0.25, -0.2) is 14.2 Å². The zero-order chi connectivity index (χ0) is 22.5. The second-order valence-corrected chi connectivity index (χ2v) is 6.90. The average molecular weight is 418 g/mol. The summed E-state index contributed by atoms with van der Waals surface area (Å²) in [5, 5.41) is 0. The van der Waals surface area contributed by atoms with Crippen molar-refractivity contribution >= 4 is 23.8 Å². The summed E-state index contributed by atoms with van der Waals surface area (Å²) < 4.78 is 11.9. The number of carbonyl (C=O) groups excluding carboxylic acids is 2. The molecule has 0 spiro atoms. The van der Waals surface area contributed by atoms with Crippen LogP contribution in [0.2, 0.25) is 0 Å². The quantitative estimate of drug-likeness (QED) is 0.360. The SMILES string of the molecule is COC(=O)c1c(-c2cccc(N=Cc3ccccn3)c2)c(C(=O)OC)c(C)[n+](C)c1C. The summed E-state index contributed by atoms with van der Waals surface area (Å²) in [5.41, 5.74) is 4.45. The van der Waals surface area contributed by atoms with Crippen molar-refractivity contribution < 1.29 is 23.6 Å². The predicted molar refractivity (Wildman–Crippen MR) is 117 cm³/mol. The number of hydrogen-bond donors (Lipinski definition) is 0. The van der Waals surface area contributed by atoms with Gasteiger partial charge in [0.15, 0.2) is 11.4 Å². The lowest BCUT2D eigenvalue weighted by Gasteiger charge is -2.16. The second kappa shape index (κ2) is 9.30.